The molecule has 2 rings (SSSR count). The van der Waals surface area contributed by atoms with Gasteiger partial charge in [0.05, 0.1) is 0 Å². The Morgan fingerprint density at radius 3 is 2.79 bits per heavy atom. The van der Waals surface area contributed by atoms with Gasteiger partial charge in [-0.15, -0.1) is 5.10 Å². The molecule has 2 aromatic rings. The third-order valence-corrected chi connectivity index (χ3v) is 2.10. The lowest BCUT2D eigenvalue weighted by molar-refractivity contribution is 0.714. The van der Waals surface area contributed by atoms with E-state index in [-0.39, 0.29) is 0 Å². The summed E-state index contributed by atoms with van der Waals surface area (Å²) in [6, 6.07) is 7.84. The van der Waals surface area contributed by atoms with Gasteiger partial charge in [-0.05, 0) is 16.0 Å². The summed E-state index contributed by atoms with van der Waals surface area (Å²) in [4.78, 5) is 0. The topological polar surface area (TPSA) is 69.6 Å². The molecule has 1 aromatic heterocycles. The summed E-state index contributed by atoms with van der Waals surface area (Å²) in [5.41, 5.74) is 7.66. The highest BCUT2D eigenvalue weighted by molar-refractivity contribution is 5.59. The van der Waals surface area contributed by atoms with Crippen LogP contribution >= 0.6 is 0 Å². The van der Waals surface area contributed by atoms with Gasteiger partial charge in [0.15, 0.2) is 5.82 Å². The Bertz CT molecular complexity index is 434. The number of nitrogens with zero attached hydrogens (tertiary/aromatic N) is 4. The zero-order valence-corrected chi connectivity index (χ0v) is 7.88. The highest BCUT2D eigenvalue weighted by atomic mass is 15.5. The van der Waals surface area contributed by atoms with Crippen LogP contribution in [-0.2, 0) is 13.6 Å². The molecule has 1 aromatic carbocycles. The minimum Gasteiger partial charge on any atom is -0.326 e. The monoisotopic (exact) mass is 189 g/mol. The Hall–Kier alpha value is -1.75. The number of rotatable bonds is 2. The van der Waals surface area contributed by atoms with E-state index < -0.39 is 0 Å². The van der Waals surface area contributed by atoms with E-state index in [1.165, 1.54) is 0 Å². The van der Waals surface area contributed by atoms with Crippen molar-refractivity contribution in [1.82, 2.24) is 20.2 Å². The van der Waals surface area contributed by atoms with Gasteiger partial charge in [0.1, 0.15) is 0 Å². The van der Waals surface area contributed by atoms with E-state index in [0.29, 0.717) is 6.54 Å². The van der Waals surface area contributed by atoms with Gasteiger partial charge in [-0.2, -0.15) is 0 Å². The van der Waals surface area contributed by atoms with Crippen LogP contribution in [0.1, 0.15) is 5.56 Å². The second kappa shape index (κ2) is 3.55. The number of hydrogen-bond donors (Lipinski definition) is 1. The molecule has 0 aliphatic carbocycles. The summed E-state index contributed by atoms with van der Waals surface area (Å²) < 4.78 is 1.63. The molecule has 0 atom stereocenters. The fourth-order valence-electron chi connectivity index (χ4n) is 1.37. The first-order valence-electron chi connectivity index (χ1n) is 4.33. The van der Waals surface area contributed by atoms with E-state index in [1.54, 1.807) is 4.68 Å². The van der Waals surface area contributed by atoms with Gasteiger partial charge < -0.3 is 5.73 Å². The zero-order valence-electron chi connectivity index (χ0n) is 7.88. The normalized spacial score (nSPS) is 10.4. The van der Waals surface area contributed by atoms with Gasteiger partial charge in [-0.25, -0.2) is 4.68 Å². The van der Waals surface area contributed by atoms with Crippen molar-refractivity contribution in [2.24, 2.45) is 12.8 Å². The SMILES string of the molecule is Cn1nnnc1-c1ccccc1CN. The molecule has 0 bridgehead atoms. The average molecular weight is 189 g/mol. The van der Waals surface area contributed by atoms with Gasteiger partial charge in [-0.3, -0.25) is 0 Å². The highest BCUT2D eigenvalue weighted by Crippen LogP contribution is 2.19. The molecule has 0 aliphatic heterocycles. The van der Waals surface area contributed by atoms with E-state index in [4.69, 9.17) is 5.73 Å². The molecule has 1 heterocycles. The standard InChI is InChI=1S/C9H11N5/c1-14-9(11-12-13-14)8-5-3-2-4-7(8)6-10/h2-5H,6,10H2,1H3. The molecule has 0 amide bonds. The first-order chi connectivity index (χ1) is 6.83. The van der Waals surface area contributed by atoms with E-state index in [9.17, 15) is 0 Å². The van der Waals surface area contributed by atoms with Crippen LogP contribution in [0.3, 0.4) is 0 Å². The number of aryl methyl sites for hydroxylation is 1. The second-order valence-corrected chi connectivity index (χ2v) is 2.99. The van der Waals surface area contributed by atoms with Crippen LogP contribution in [0.25, 0.3) is 11.4 Å². The Kier molecular flexibility index (Phi) is 2.24. The summed E-state index contributed by atoms with van der Waals surface area (Å²) in [6.07, 6.45) is 0. The Balaban J connectivity index is 2.56. The summed E-state index contributed by atoms with van der Waals surface area (Å²) in [5, 5.41) is 11.3. The number of nitrogens with two attached hydrogens (primary N) is 1. The molecule has 0 aliphatic rings. The van der Waals surface area contributed by atoms with Crippen LogP contribution in [0.15, 0.2) is 24.3 Å². The lowest BCUT2D eigenvalue weighted by Gasteiger charge is -2.04. The van der Waals surface area contributed by atoms with Crippen molar-refractivity contribution in [3.8, 4) is 11.4 Å². The van der Waals surface area contributed by atoms with Crippen molar-refractivity contribution in [2.45, 2.75) is 6.54 Å². The third-order valence-electron chi connectivity index (χ3n) is 2.10. The van der Waals surface area contributed by atoms with E-state index in [2.05, 4.69) is 15.5 Å². The first-order valence-corrected chi connectivity index (χ1v) is 4.33. The van der Waals surface area contributed by atoms with E-state index in [1.807, 2.05) is 31.3 Å². The molecule has 0 unspecified atom stereocenters. The average Bonchev–Trinajstić information content (AvgIpc) is 2.64. The van der Waals surface area contributed by atoms with Crippen molar-refractivity contribution in [1.29, 1.82) is 0 Å². The molecule has 0 spiro atoms. The van der Waals surface area contributed by atoms with Crippen molar-refractivity contribution in [3.05, 3.63) is 29.8 Å². The predicted octanol–water partition coefficient (Wildman–Crippen LogP) is 0.336. The molecule has 0 fully saturated rings. The molecule has 2 N–H and O–H groups in total. The lowest BCUT2D eigenvalue weighted by Crippen LogP contribution is -2.02. The van der Waals surface area contributed by atoms with Gasteiger partial charge in [-0.1, -0.05) is 24.3 Å². The van der Waals surface area contributed by atoms with Crippen molar-refractivity contribution in [2.75, 3.05) is 0 Å². The summed E-state index contributed by atoms with van der Waals surface area (Å²) >= 11 is 0. The Morgan fingerprint density at radius 2 is 2.14 bits per heavy atom. The highest BCUT2D eigenvalue weighted by Gasteiger charge is 2.08. The van der Waals surface area contributed by atoms with E-state index >= 15 is 0 Å². The molecule has 72 valence electrons. The van der Waals surface area contributed by atoms with Crippen LogP contribution in [0.4, 0.5) is 0 Å². The van der Waals surface area contributed by atoms with Crippen LogP contribution in [-0.4, -0.2) is 20.2 Å². The fourth-order valence-corrected chi connectivity index (χ4v) is 1.37. The zero-order chi connectivity index (χ0) is 9.97. The predicted molar refractivity (Wildman–Crippen MR) is 52.1 cm³/mol. The molecular weight excluding hydrogens is 178 g/mol. The number of benzene rings is 1. The summed E-state index contributed by atoms with van der Waals surface area (Å²) in [7, 11) is 1.81. The summed E-state index contributed by atoms with van der Waals surface area (Å²) in [6.45, 7) is 0.489. The quantitative estimate of drug-likeness (QED) is 0.739. The van der Waals surface area contributed by atoms with Crippen LogP contribution in [0, 0.1) is 0 Å². The van der Waals surface area contributed by atoms with Crippen LogP contribution < -0.4 is 5.73 Å². The van der Waals surface area contributed by atoms with Crippen LogP contribution in [0.2, 0.25) is 0 Å². The van der Waals surface area contributed by atoms with E-state index in [0.717, 1.165) is 17.0 Å². The molecule has 5 heteroatoms. The van der Waals surface area contributed by atoms with Crippen LogP contribution in [0.5, 0.6) is 0 Å². The Labute approximate surface area is 81.5 Å². The third kappa shape index (κ3) is 1.38. The molecule has 0 saturated carbocycles. The maximum atomic E-state index is 5.63. The van der Waals surface area contributed by atoms with Gasteiger partial charge in [0.2, 0.25) is 0 Å². The summed E-state index contributed by atoms with van der Waals surface area (Å²) in [5.74, 6) is 0.742. The lowest BCUT2D eigenvalue weighted by atomic mass is 10.1. The molecular formula is C9H11N5. The number of aromatic nitrogens is 4. The maximum Gasteiger partial charge on any atom is 0.182 e. The molecule has 0 radical (unpaired) electrons. The number of tetrazole rings is 1. The number of hydrogen-bond acceptors (Lipinski definition) is 4. The second-order valence-electron chi connectivity index (χ2n) is 2.99. The first kappa shape index (κ1) is 8.83. The van der Waals surface area contributed by atoms with Gasteiger partial charge in [0.25, 0.3) is 0 Å². The van der Waals surface area contributed by atoms with Crippen molar-refractivity contribution >= 4 is 0 Å². The minimum absolute atomic E-state index is 0.489. The molecule has 14 heavy (non-hydrogen) atoms. The molecule has 0 saturated heterocycles. The Morgan fingerprint density at radius 1 is 1.36 bits per heavy atom. The van der Waals surface area contributed by atoms with Gasteiger partial charge >= 0.3 is 0 Å². The van der Waals surface area contributed by atoms with Gasteiger partial charge in [0, 0.05) is 19.2 Å². The molecule has 5 nitrogen and oxygen atoms in total. The largest absolute Gasteiger partial charge is 0.326 e. The smallest absolute Gasteiger partial charge is 0.182 e. The minimum atomic E-state index is 0.489. The van der Waals surface area contributed by atoms with Crippen molar-refractivity contribution < 1.29 is 0 Å². The maximum absolute atomic E-state index is 5.63. The fraction of sp³-hybridized carbons (Fsp3) is 0.222. The van der Waals surface area contributed by atoms with Crippen molar-refractivity contribution in [3.63, 3.8) is 0 Å².